The van der Waals surface area contributed by atoms with Gasteiger partial charge in [0.05, 0.1) is 5.92 Å². The van der Waals surface area contributed by atoms with E-state index in [0.29, 0.717) is 5.75 Å². The monoisotopic (exact) mass is 262 g/mol. The summed E-state index contributed by atoms with van der Waals surface area (Å²) >= 11 is 0. The summed E-state index contributed by atoms with van der Waals surface area (Å²) in [6, 6.07) is 5.69. The van der Waals surface area contributed by atoms with E-state index >= 15 is 0 Å². The molecule has 2 aliphatic rings. The number of anilines is 1. The Morgan fingerprint density at radius 1 is 1.37 bits per heavy atom. The van der Waals surface area contributed by atoms with E-state index in [2.05, 4.69) is 17.6 Å². The maximum atomic E-state index is 12.3. The van der Waals surface area contributed by atoms with E-state index in [1.54, 1.807) is 6.07 Å². The highest BCUT2D eigenvalue weighted by Gasteiger charge is 2.27. The summed E-state index contributed by atoms with van der Waals surface area (Å²) in [6.07, 6.45) is 1.98. The van der Waals surface area contributed by atoms with Crippen LogP contribution in [0.15, 0.2) is 18.2 Å². The zero-order valence-corrected chi connectivity index (χ0v) is 10.9. The Hall–Kier alpha value is -1.75. The second-order valence-electron chi connectivity index (χ2n) is 5.05. The van der Waals surface area contributed by atoms with Crippen LogP contribution in [0.4, 0.5) is 5.69 Å². The standard InChI is InChI=1S/C14H18N2O3/c1-9-11(3-2-6-15-9)14(17)16-10-4-5-12-13(7-10)19-8-18-12/h4-5,7,9,11,15H,2-3,6,8H2,1H3,(H,16,17). The van der Waals surface area contributed by atoms with E-state index < -0.39 is 0 Å². The van der Waals surface area contributed by atoms with Crippen LogP contribution in [-0.4, -0.2) is 25.3 Å². The molecule has 1 aromatic carbocycles. The molecule has 102 valence electrons. The first-order valence-corrected chi connectivity index (χ1v) is 6.68. The van der Waals surface area contributed by atoms with Crippen molar-refractivity contribution in [2.45, 2.75) is 25.8 Å². The fourth-order valence-electron chi connectivity index (χ4n) is 2.61. The van der Waals surface area contributed by atoms with E-state index in [1.165, 1.54) is 0 Å². The van der Waals surface area contributed by atoms with Gasteiger partial charge < -0.3 is 20.1 Å². The quantitative estimate of drug-likeness (QED) is 0.852. The lowest BCUT2D eigenvalue weighted by molar-refractivity contribution is -0.121. The van der Waals surface area contributed by atoms with Crippen LogP contribution in [0, 0.1) is 5.92 Å². The van der Waals surface area contributed by atoms with Gasteiger partial charge in [-0.1, -0.05) is 0 Å². The first kappa shape index (κ1) is 12.3. The highest BCUT2D eigenvalue weighted by atomic mass is 16.7. The van der Waals surface area contributed by atoms with Crippen molar-refractivity contribution in [3.63, 3.8) is 0 Å². The van der Waals surface area contributed by atoms with E-state index in [1.807, 2.05) is 12.1 Å². The van der Waals surface area contributed by atoms with Gasteiger partial charge >= 0.3 is 0 Å². The number of hydrogen-bond donors (Lipinski definition) is 2. The summed E-state index contributed by atoms with van der Waals surface area (Å²) in [7, 11) is 0. The number of fused-ring (bicyclic) bond motifs is 1. The van der Waals surface area contributed by atoms with Gasteiger partial charge in [-0.2, -0.15) is 0 Å². The number of ether oxygens (including phenoxy) is 2. The molecule has 1 fully saturated rings. The van der Waals surface area contributed by atoms with Crippen LogP contribution >= 0.6 is 0 Å². The van der Waals surface area contributed by atoms with Crippen LogP contribution in [0.25, 0.3) is 0 Å². The second kappa shape index (κ2) is 5.09. The van der Waals surface area contributed by atoms with Gasteiger partial charge in [0.25, 0.3) is 0 Å². The number of carbonyl (C=O) groups excluding carboxylic acids is 1. The van der Waals surface area contributed by atoms with Crippen LogP contribution < -0.4 is 20.1 Å². The average molecular weight is 262 g/mol. The lowest BCUT2D eigenvalue weighted by Crippen LogP contribution is -2.44. The number of amides is 1. The normalized spacial score (nSPS) is 25.1. The van der Waals surface area contributed by atoms with E-state index in [-0.39, 0.29) is 24.7 Å². The van der Waals surface area contributed by atoms with Crippen LogP contribution in [0.1, 0.15) is 19.8 Å². The molecule has 0 bridgehead atoms. The summed E-state index contributed by atoms with van der Waals surface area (Å²) in [5.41, 5.74) is 0.757. The summed E-state index contributed by atoms with van der Waals surface area (Å²) in [4.78, 5) is 12.3. The second-order valence-corrected chi connectivity index (χ2v) is 5.05. The molecule has 3 rings (SSSR count). The molecule has 1 amide bonds. The van der Waals surface area contributed by atoms with Gasteiger partial charge in [-0.15, -0.1) is 0 Å². The third-order valence-electron chi connectivity index (χ3n) is 3.74. The van der Waals surface area contributed by atoms with Crippen molar-refractivity contribution < 1.29 is 14.3 Å². The molecule has 0 spiro atoms. The Balaban J connectivity index is 1.69. The Morgan fingerprint density at radius 3 is 3.05 bits per heavy atom. The van der Waals surface area contributed by atoms with E-state index in [0.717, 1.165) is 30.8 Å². The fraction of sp³-hybridized carbons (Fsp3) is 0.500. The van der Waals surface area contributed by atoms with Gasteiger partial charge in [0.2, 0.25) is 12.7 Å². The lowest BCUT2D eigenvalue weighted by Gasteiger charge is -2.28. The zero-order valence-electron chi connectivity index (χ0n) is 10.9. The predicted octanol–water partition coefficient (Wildman–Crippen LogP) is 1.74. The van der Waals surface area contributed by atoms with Crippen molar-refractivity contribution in [3.8, 4) is 11.5 Å². The molecule has 1 aromatic rings. The van der Waals surface area contributed by atoms with Gasteiger partial charge in [-0.05, 0) is 38.4 Å². The number of rotatable bonds is 2. The van der Waals surface area contributed by atoms with Crippen molar-refractivity contribution in [1.29, 1.82) is 0 Å². The number of carbonyl (C=O) groups is 1. The third kappa shape index (κ3) is 2.51. The number of hydrogen-bond acceptors (Lipinski definition) is 4. The van der Waals surface area contributed by atoms with Gasteiger partial charge in [0.15, 0.2) is 11.5 Å². The van der Waals surface area contributed by atoms with Crippen LogP contribution in [0.2, 0.25) is 0 Å². The van der Waals surface area contributed by atoms with E-state index in [9.17, 15) is 4.79 Å². The molecule has 0 aromatic heterocycles. The molecule has 1 saturated heterocycles. The Morgan fingerprint density at radius 2 is 2.21 bits per heavy atom. The number of benzene rings is 1. The largest absolute Gasteiger partial charge is 0.454 e. The zero-order chi connectivity index (χ0) is 13.2. The van der Waals surface area contributed by atoms with Crippen LogP contribution in [-0.2, 0) is 4.79 Å². The minimum atomic E-state index is 0.0270. The number of piperidine rings is 1. The SMILES string of the molecule is CC1NCCCC1C(=O)Nc1ccc2c(c1)OCO2. The molecule has 0 radical (unpaired) electrons. The molecule has 2 N–H and O–H groups in total. The van der Waals surface area contributed by atoms with Crippen molar-refractivity contribution in [3.05, 3.63) is 18.2 Å². The molecule has 19 heavy (non-hydrogen) atoms. The minimum absolute atomic E-state index is 0.0270. The van der Waals surface area contributed by atoms with Gasteiger partial charge in [0.1, 0.15) is 0 Å². The topological polar surface area (TPSA) is 59.6 Å². The van der Waals surface area contributed by atoms with Crippen molar-refractivity contribution in [2.24, 2.45) is 5.92 Å². The smallest absolute Gasteiger partial charge is 0.231 e. The van der Waals surface area contributed by atoms with Gasteiger partial charge in [0, 0.05) is 17.8 Å². The van der Waals surface area contributed by atoms with E-state index in [4.69, 9.17) is 9.47 Å². The summed E-state index contributed by atoms with van der Waals surface area (Å²) in [6.45, 7) is 3.30. The van der Waals surface area contributed by atoms with Crippen molar-refractivity contribution in [1.82, 2.24) is 5.32 Å². The van der Waals surface area contributed by atoms with Gasteiger partial charge in [-0.25, -0.2) is 0 Å². The molecule has 5 heteroatoms. The van der Waals surface area contributed by atoms with Crippen LogP contribution in [0.3, 0.4) is 0 Å². The third-order valence-corrected chi connectivity index (χ3v) is 3.74. The maximum absolute atomic E-state index is 12.3. The Labute approximate surface area is 112 Å². The fourth-order valence-corrected chi connectivity index (χ4v) is 2.61. The lowest BCUT2D eigenvalue weighted by atomic mass is 9.91. The van der Waals surface area contributed by atoms with Crippen molar-refractivity contribution >= 4 is 11.6 Å². The molecule has 2 unspecified atom stereocenters. The molecule has 2 aliphatic heterocycles. The Kier molecular flexibility index (Phi) is 3.29. The molecular formula is C14H18N2O3. The maximum Gasteiger partial charge on any atom is 0.231 e. The van der Waals surface area contributed by atoms with Crippen molar-refractivity contribution in [2.75, 3.05) is 18.7 Å². The summed E-state index contributed by atoms with van der Waals surface area (Å²) in [5, 5.41) is 6.29. The first-order valence-electron chi connectivity index (χ1n) is 6.68. The van der Waals surface area contributed by atoms with Gasteiger partial charge in [-0.3, -0.25) is 4.79 Å². The average Bonchev–Trinajstić information content (AvgIpc) is 2.86. The molecule has 2 heterocycles. The summed E-state index contributed by atoms with van der Waals surface area (Å²) in [5.74, 6) is 1.51. The molecular weight excluding hydrogens is 244 g/mol. The van der Waals surface area contributed by atoms with Crippen LogP contribution in [0.5, 0.6) is 11.5 Å². The molecule has 5 nitrogen and oxygen atoms in total. The Bertz CT molecular complexity index is 490. The highest BCUT2D eigenvalue weighted by molar-refractivity contribution is 5.93. The summed E-state index contributed by atoms with van der Waals surface area (Å²) < 4.78 is 10.5. The molecule has 2 atom stereocenters. The molecule has 0 saturated carbocycles. The molecule has 0 aliphatic carbocycles. The number of nitrogens with one attached hydrogen (secondary N) is 2. The highest BCUT2D eigenvalue weighted by Crippen LogP contribution is 2.34. The first-order chi connectivity index (χ1) is 9.24. The predicted molar refractivity (Wildman–Crippen MR) is 71.4 cm³/mol. The minimum Gasteiger partial charge on any atom is -0.454 e.